The summed E-state index contributed by atoms with van der Waals surface area (Å²) in [4.78, 5) is 0. The van der Waals surface area contributed by atoms with E-state index in [0.717, 1.165) is 0 Å². The summed E-state index contributed by atoms with van der Waals surface area (Å²) in [6, 6.07) is -0.604. The molecule has 5 heteroatoms. The number of rotatable bonds is 1. The molecule has 0 aromatic heterocycles. The van der Waals surface area contributed by atoms with Crippen LogP contribution in [0.5, 0.6) is 0 Å². The van der Waals surface area contributed by atoms with Crippen LogP contribution in [0.1, 0.15) is 6.42 Å². The maximum Gasteiger partial charge on any atom is 0.141 e. The van der Waals surface area contributed by atoms with Gasteiger partial charge >= 0.3 is 0 Å². The molecular formula is C6H13ClFNO2. The van der Waals surface area contributed by atoms with Crippen molar-refractivity contribution in [3.63, 3.8) is 0 Å². The van der Waals surface area contributed by atoms with Gasteiger partial charge in [-0.05, 0) is 6.42 Å². The monoisotopic (exact) mass is 185 g/mol. The van der Waals surface area contributed by atoms with Crippen LogP contribution in [0, 0.1) is 5.92 Å². The first-order valence-electron chi connectivity index (χ1n) is 3.35. The van der Waals surface area contributed by atoms with Crippen LogP contribution in [0.3, 0.4) is 0 Å². The van der Waals surface area contributed by atoms with Crippen molar-refractivity contribution in [3.8, 4) is 0 Å². The first-order valence-corrected chi connectivity index (χ1v) is 3.35. The zero-order valence-electron chi connectivity index (χ0n) is 5.98. The standard InChI is InChI=1S/C6H12FNO2.ClH/c7-5-4(8)1-3(2-9)6(5)10;/h3-6,9-10H,1-2,8H2;1H/t3-,4-,5-,6-;/m1./s1. The molecule has 4 atom stereocenters. The molecule has 1 fully saturated rings. The highest BCUT2D eigenvalue weighted by Gasteiger charge is 2.40. The molecule has 3 nitrogen and oxygen atoms in total. The van der Waals surface area contributed by atoms with Gasteiger partial charge in [-0.15, -0.1) is 12.4 Å². The van der Waals surface area contributed by atoms with Crippen LogP contribution in [-0.4, -0.2) is 35.1 Å². The minimum atomic E-state index is -1.36. The predicted molar refractivity (Wildman–Crippen MR) is 41.3 cm³/mol. The lowest BCUT2D eigenvalue weighted by Crippen LogP contribution is -2.32. The lowest BCUT2D eigenvalue weighted by molar-refractivity contribution is 0.0436. The highest BCUT2D eigenvalue weighted by Crippen LogP contribution is 2.26. The number of hydrogen-bond donors (Lipinski definition) is 3. The van der Waals surface area contributed by atoms with Crippen LogP contribution in [0.15, 0.2) is 0 Å². The minimum Gasteiger partial charge on any atom is -0.396 e. The Bertz CT molecular complexity index is 127. The number of hydrogen-bond acceptors (Lipinski definition) is 3. The average molecular weight is 186 g/mol. The van der Waals surface area contributed by atoms with E-state index >= 15 is 0 Å². The molecule has 1 saturated carbocycles. The average Bonchev–Trinajstić information content (AvgIpc) is 2.17. The van der Waals surface area contributed by atoms with Gasteiger partial charge in [0.1, 0.15) is 6.17 Å². The molecular weight excluding hydrogens is 173 g/mol. The highest BCUT2D eigenvalue weighted by atomic mass is 35.5. The van der Waals surface area contributed by atoms with Gasteiger partial charge in [0.2, 0.25) is 0 Å². The molecule has 0 saturated heterocycles. The molecule has 0 bridgehead atoms. The van der Waals surface area contributed by atoms with E-state index in [9.17, 15) is 4.39 Å². The summed E-state index contributed by atoms with van der Waals surface area (Å²) < 4.78 is 12.7. The fourth-order valence-electron chi connectivity index (χ4n) is 1.31. The summed E-state index contributed by atoms with van der Waals surface area (Å²) >= 11 is 0. The van der Waals surface area contributed by atoms with Crippen LogP contribution in [0.4, 0.5) is 4.39 Å². The molecule has 0 unspecified atom stereocenters. The molecule has 0 amide bonds. The third-order valence-electron chi connectivity index (χ3n) is 2.03. The lowest BCUT2D eigenvalue weighted by Gasteiger charge is -2.11. The molecule has 1 aliphatic carbocycles. The van der Waals surface area contributed by atoms with Crippen molar-refractivity contribution in [1.82, 2.24) is 0 Å². The smallest absolute Gasteiger partial charge is 0.141 e. The molecule has 1 aliphatic rings. The van der Waals surface area contributed by atoms with Crippen molar-refractivity contribution >= 4 is 12.4 Å². The largest absolute Gasteiger partial charge is 0.396 e. The van der Waals surface area contributed by atoms with Gasteiger partial charge < -0.3 is 15.9 Å². The van der Waals surface area contributed by atoms with E-state index in [1.807, 2.05) is 0 Å². The summed E-state index contributed by atoms with van der Waals surface area (Å²) in [6.07, 6.45) is -2.06. The zero-order chi connectivity index (χ0) is 7.72. The second kappa shape index (κ2) is 4.21. The van der Waals surface area contributed by atoms with Gasteiger partial charge in [0.05, 0.1) is 6.10 Å². The van der Waals surface area contributed by atoms with Crippen LogP contribution in [0.2, 0.25) is 0 Å². The van der Waals surface area contributed by atoms with Crippen molar-refractivity contribution < 1.29 is 14.6 Å². The highest BCUT2D eigenvalue weighted by molar-refractivity contribution is 5.85. The molecule has 1 rings (SSSR count). The Morgan fingerprint density at radius 3 is 2.27 bits per heavy atom. The topological polar surface area (TPSA) is 66.5 Å². The molecule has 11 heavy (non-hydrogen) atoms. The molecule has 0 aromatic rings. The normalized spacial score (nSPS) is 43.6. The van der Waals surface area contributed by atoms with E-state index in [-0.39, 0.29) is 24.9 Å². The Hall–Kier alpha value is 0.1000. The van der Waals surface area contributed by atoms with Crippen LogP contribution in [0.25, 0.3) is 0 Å². The summed E-state index contributed by atoms with van der Waals surface area (Å²) in [7, 11) is 0. The molecule has 0 heterocycles. The summed E-state index contributed by atoms with van der Waals surface area (Å²) in [5, 5.41) is 17.6. The van der Waals surface area contributed by atoms with Crippen LogP contribution >= 0.6 is 12.4 Å². The van der Waals surface area contributed by atoms with Gasteiger partial charge in [-0.3, -0.25) is 0 Å². The maximum absolute atomic E-state index is 12.7. The fraction of sp³-hybridized carbons (Fsp3) is 1.00. The van der Waals surface area contributed by atoms with Crippen molar-refractivity contribution in [1.29, 1.82) is 0 Å². The Balaban J connectivity index is 0.000001000. The van der Waals surface area contributed by atoms with Crippen molar-refractivity contribution in [2.75, 3.05) is 6.61 Å². The Labute approximate surface area is 70.8 Å². The van der Waals surface area contributed by atoms with Gasteiger partial charge in [-0.1, -0.05) is 0 Å². The van der Waals surface area contributed by atoms with E-state index in [2.05, 4.69) is 0 Å². The second-order valence-corrected chi connectivity index (χ2v) is 2.78. The first kappa shape index (κ1) is 11.1. The van der Waals surface area contributed by atoms with Gasteiger partial charge in [0.25, 0.3) is 0 Å². The molecule has 0 aliphatic heterocycles. The molecule has 0 spiro atoms. The Morgan fingerprint density at radius 2 is 2.09 bits per heavy atom. The van der Waals surface area contributed by atoms with Crippen LogP contribution in [-0.2, 0) is 0 Å². The van der Waals surface area contributed by atoms with Gasteiger partial charge in [-0.25, -0.2) is 4.39 Å². The number of nitrogens with two attached hydrogens (primary N) is 1. The van der Waals surface area contributed by atoms with E-state index in [1.165, 1.54) is 0 Å². The zero-order valence-corrected chi connectivity index (χ0v) is 6.80. The SMILES string of the molecule is Cl.N[C@@H]1C[C@H](CO)[C@@H](O)[C@@H]1F. The quantitative estimate of drug-likeness (QED) is 0.514. The maximum atomic E-state index is 12.7. The predicted octanol–water partition coefficient (Wildman–Crippen LogP) is -0.553. The molecule has 68 valence electrons. The number of aliphatic hydroxyl groups excluding tert-OH is 2. The fourth-order valence-corrected chi connectivity index (χ4v) is 1.31. The summed E-state index contributed by atoms with van der Waals surface area (Å²) in [6.45, 7) is -0.185. The lowest BCUT2D eigenvalue weighted by atomic mass is 10.1. The van der Waals surface area contributed by atoms with E-state index in [0.29, 0.717) is 6.42 Å². The van der Waals surface area contributed by atoms with Gasteiger partial charge in [0.15, 0.2) is 0 Å². The summed E-state index contributed by atoms with van der Waals surface area (Å²) in [5.41, 5.74) is 5.29. The third kappa shape index (κ3) is 2.02. The Morgan fingerprint density at radius 1 is 1.55 bits per heavy atom. The van der Waals surface area contributed by atoms with Crippen LogP contribution < -0.4 is 5.73 Å². The van der Waals surface area contributed by atoms with Crippen molar-refractivity contribution in [2.24, 2.45) is 11.7 Å². The van der Waals surface area contributed by atoms with Crippen molar-refractivity contribution in [2.45, 2.75) is 24.7 Å². The summed E-state index contributed by atoms with van der Waals surface area (Å²) in [5.74, 6) is -0.370. The first-order chi connectivity index (χ1) is 4.66. The van der Waals surface area contributed by atoms with E-state index < -0.39 is 18.3 Å². The van der Waals surface area contributed by atoms with E-state index in [1.54, 1.807) is 0 Å². The van der Waals surface area contributed by atoms with Gasteiger partial charge in [-0.2, -0.15) is 0 Å². The molecule has 4 N–H and O–H groups in total. The minimum absolute atomic E-state index is 0. The number of alkyl halides is 1. The van der Waals surface area contributed by atoms with E-state index in [4.69, 9.17) is 15.9 Å². The number of halogens is 2. The second-order valence-electron chi connectivity index (χ2n) is 2.78. The number of aliphatic hydroxyl groups is 2. The van der Waals surface area contributed by atoms with Gasteiger partial charge in [0, 0.05) is 18.6 Å². The Kier molecular flexibility index (Phi) is 4.25. The third-order valence-corrected chi connectivity index (χ3v) is 2.03. The molecule has 0 aromatic carbocycles. The van der Waals surface area contributed by atoms with Crippen molar-refractivity contribution in [3.05, 3.63) is 0 Å². The molecule has 0 radical (unpaired) electrons.